The van der Waals surface area contributed by atoms with Crippen LogP contribution in [0.4, 0.5) is 0 Å². The molecule has 1 aliphatic rings. The summed E-state index contributed by atoms with van der Waals surface area (Å²) in [5.41, 5.74) is 0.600. The van der Waals surface area contributed by atoms with Crippen LogP contribution >= 0.6 is 0 Å². The fourth-order valence-electron chi connectivity index (χ4n) is 3.18. The molecular formula is C20H29N3O2. The predicted octanol–water partition coefficient (Wildman–Crippen LogP) is 3.10. The van der Waals surface area contributed by atoms with E-state index in [-0.39, 0.29) is 23.8 Å². The molecule has 2 rings (SSSR count). The molecule has 1 aromatic heterocycles. The molecule has 5 nitrogen and oxygen atoms in total. The molecule has 2 atom stereocenters. The molecule has 1 aliphatic heterocycles. The summed E-state index contributed by atoms with van der Waals surface area (Å²) < 4.78 is 0. The molecule has 25 heavy (non-hydrogen) atoms. The zero-order valence-electron chi connectivity index (χ0n) is 15.5. The number of hydrogen-bond acceptors (Lipinski definition) is 3. The molecule has 0 saturated carbocycles. The van der Waals surface area contributed by atoms with Crippen molar-refractivity contribution in [3.63, 3.8) is 0 Å². The van der Waals surface area contributed by atoms with Crippen LogP contribution in [0.25, 0.3) is 0 Å². The average molecular weight is 343 g/mol. The Labute approximate surface area is 150 Å². The number of aromatic nitrogens is 1. The first-order valence-corrected chi connectivity index (χ1v) is 8.93. The minimum Gasteiger partial charge on any atom is -0.349 e. The molecular weight excluding hydrogens is 314 g/mol. The second kappa shape index (κ2) is 8.28. The van der Waals surface area contributed by atoms with Crippen LogP contribution in [-0.2, 0) is 9.59 Å². The van der Waals surface area contributed by atoms with Gasteiger partial charge in [-0.3, -0.25) is 14.6 Å². The largest absolute Gasteiger partial charge is 0.349 e. The maximum absolute atomic E-state index is 12.8. The first kappa shape index (κ1) is 19.2. The Morgan fingerprint density at radius 2 is 2.08 bits per heavy atom. The van der Waals surface area contributed by atoms with E-state index in [1.165, 1.54) is 0 Å². The number of piperidine rings is 1. The lowest BCUT2D eigenvalue weighted by atomic mass is 9.90. The van der Waals surface area contributed by atoms with Gasteiger partial charge in [0.05, 0.1) is 12.0 Å². The van der Waals surface area contributed by atoms with Crippen molar-refractivity contribution in [2.24, 2.45) is 11.3 Å². The highest BCUT2D eigenvalue weighted by molar-refractivity contribution is 5.84. The molecule has 1 fully saturated rings. The van der Waals surface area contributed by atoms with Crippen molar-refractivity contribution >= 4 is 11.8 Å². The molecule has 0 aliphatic carbocycles. The van der Waals surface area contributed by atoms with Gasteiger partial charge in [0.25, 0.3) is 0 Å². The lowest BCUT2D eigenvalue weighted by Gasteiger charge is -2.36. The highest BCUT2D eigenvalue weighted by Crippen LogP contribution is 2.25. The topological polar surface area (TPSA) is 62.3 Å². The van der Waals surface area contributed by atoms with E-state index in [0.717, 1.165) is 24.9 Å². The van der Waals surface area contributed by atoms with Crippen molar-refractivity contribution < 1.29 is 9.59 Å². The van der Waals surface area contributed by atoms with Crippen LogP contribution in [0, 0.1) is 11.3 Å². The third-order valence-corrected chi connectivity index (χ3v) is 4.55. The molecule has 0 bridgehead atoms. The summed E-state index contributed by atoms with van der Waals surface area (Å²) >= 11 is 0. The van der Waals surface area contributed by atoms with E-state index in [9.17, 15) is 9.59 Å². The number of carbonyl (C=O) groups is 2. The first-order valence-electron chi connectivity index (χ1n) is 8.93. The molecule has 2 heterocycles. The Hall–Kier alpha value is -2.17. The van der Waals surface area contributed by atoms with Gasteiger partial charge >= 0.3 is 0 Å². The second-order valence-electron chi connectivity index (χ2n) is 7.71. The van der Waals surface area contributed by atoms with E-state index in [1.54, 1.807) is 12.4 Å². The third kappa shape index (κ3) is 5.15. The fraction of sp³-hybridized carbons (Fsp3) is 0.550. The Morgan fingerprint density at radius 3 is 2.68 bits per heavy atom. The van der Waals surface area contributed by atoms with Crippen LogP contribution in [0.3, 0.4) is 0 Å². The quantitative estimate of drug-likeness (QED) is 0.836. The van der Waals surface area contributed by atoms with Crippen LogP contribution < -0.4 is 5.32 Å². The van der Waals surface area contributed by atoms with E-state index in [0.29, 0.717) is 13.0 Å². The highest BCUT2D eigenvalue weighted by atomic mass is 16.2. The van der Waals surface area contributed by atoms with Gasteiger partial charge in [0.2, 0.25) is 11.8 Å². The summed E-state index contributed by atoms with van der Waals surface area (Å²) in [6.45, 7) is 10.8. The van der Waals surface area contributed by atoms with E-state index in [4.69, 9.17) is 0 Å². The summed E-state index contributed by atoms with van der Waals surface area (Å²) in [6.07, 6.45) is 7.59. The molecule has 5 heteroatoms. The first-order chi connectivity index (χ1) is 11.8. The Bertz CT molecular complexity index is 607. The summed E-state index contributed by atoms with van der Waals surface area (Å²) in [5.74, 6) is -0.0361. The molecule has 1 saturated heterocycles. The van der Waals surface area contributed by atoms with Crippen molar-refractivity contribution in [1.29, 1.82) is 0 Å². The fourth-order valence-corrected chi connectivity index (χ4v) is 3.18. The van der Waals surface area contributed by atoms with Gasteiger partial charge in [-0.2, -0.15) is 0 Å². The number of carbonyl (C=O) groups excluding carboxylic acids is 2. The number of hydrogen-bond donors (Lipinski definition) is 1. The molecule has 1 aromatic rings. The minimum absolute atomic E-state index is 0.00933. The van der Waals surface area contributed by atoms with Gasteiger partial charge in [-0.15, -0.1) is 6.58 Å². The number of amides is 2. The lowest BCUT2D eigenvalue weighted by Crippen LogP contribution is -2.49. The Morgan fingerprint density at radius 1 is 1.40 bits per heavy atom. The normalized spacial score (nSPS) is 19.2. The molecule has 2 amide bonds. The number of rotatable bonds is 5. The van der Waals surface area contributed by atoms with Gasteiger partial charge in [0, 0.05) is 30.9 Å². The maximum Gasteiger partial charge on any atom is 0.227 e. The van der Waals surface area contributed by atoms with E-state index >= 15 is 0 Å². The molecule has 136 valence electrons. The molecule has 0 aromatic carbocycles. The number of nitrogens with zero attached hydrogens (tertiary/aromatic N) is 2. The highest BCUT2D eigenvalue weighted by Gasteiger charge is 2.33. The van der Waals surface area contributed by atoms with Gasteiger partial charge in [-0.1, -0.05) is 26.8 Å². The Kier molecular flexibility index (Phi) is 6.34. The predicted molar refractivity (Wildman–Crippen MR) is 98.7 cm³/mol. The van der Waals surface area contributed by atoms with E-state index < -0.39 is 5.41 Å². The van der Waals surface area contributed by atoms with Gasteiger partial charge < -0.3 is 10.2 Å². The van der Waals surface area contributed by atoms with Crippen LogP contribution in [0.15, 0.2) is 37.2 Å². The average Bonchev–Trinajstić information content (AvgIpc) is 2.60. The van der Waals surface area contributed by atoms with Gasteiger partial charge in [0.1, 0.15) is 0 Å². The van der Waals surface area contributed by atoms with Gasteiger partial charge in [0.15, 0.2) is 0 Å². The molecule has 0 spiro atoms. The van der Waals surface area contributed by atoms with Crippen LogP contribution in [0.1, 0.15) is 51.6 Å². The number of likely N-dealkylation sites (tertiary alicyclic amines) is 1. The standard InChI is InChI=1S/C20H29N3O2/c1-5-7-17(15-9-11-21-12-10-15)22-18(24)16-8-6-13-23(14-16)19(25)20(2,3)4/h5,9-12,16-17H,1,6-8,13-14H2,2-4H3,(H,22,24)/t16-,17-/m1/s1. The molecule has 1 N–H and O–H groups in total. The van der Waals surface area contributed by atoms with Gasteiger partial charge in [-0.05, 0) is 37.0 Å². The van der Waals surface area contributed by atoms with Crippen molar-refractivity contribution in [3.05, 3.63) is 42.7 Å². The molecule has 0 unspecified atom stereocenters. The van der Waals surface area contributed by atoms with E-state index in [1.807, 2.05) is 43.9 Å². The summed E-state index contributed by atoms with van der Waals surface area (Å²) in [5, 5.41) is 3.13. The smallest absolute Gasteiger partial charge is 0.227 e. The van der Waals surface area contributed by atoms with Crippen molar-refractivity contribution in [1.82, 2.24) is 15.2 Å². The van der Waals surface area contributed by atoms with Crippen molar-refractivity contribution in [2.45, 2.75) is 46.1 Å². The molecule has 0 radical (unpaired) electrons. The number of nitrogens with one attached hydrogen (secondary N) is 1. The second-order valence-corrected chi connectivity index (χ2v) is 7.71. The SMILES string of the molecule is C=CC[C@@H](NC(=O)[C@@H]1CCCN(C(=O)C(C)(C)C)C1)c1ccncc1. The number of pyridine rings is 1. The van der Waals surface area contributed by atoms with Crippen molar-refractivity contribution in [2.75, 3.05) is 13.1 Å². The minimum atomic E-state index is -0.416. The Balaban J connectivity index is 2.03. The third-order valence-electron chi connectivity index (χ3n) is 4.55. The van der Waals surface area contributed by atoms with Crippen LogP contribution in [0.5, 0.6) is 0 Å². The van der Waals surface area contributed by atoms with Crippen molar-refractivity contribution in [3.8, 4) is 0 Å². The lowest BCUT2D eigenvalue weighted by molar-refractivity contribution is -0.142. The van der Waals surface area contributed by atoms with Gasteiger partial charge in [-0.25, -0.2) is 0 Å². The summed E-state index contributed by atoms with van der Waals surface area (Å²) in [7, 11) is 0. The van der Waals surface area contributed by atoms with Crippen LogP contribution in [0.2, 0.25) is 0 Å². The summed E-state index contributed by atoms with van der Waals surface area (Å²) in [4.78, 5) is 31.1. The maximum atomic E-state index is 12.8. The monoisotopic (exact) mass is 343 g/mol. The zero-order valence-corrected chi connectivity index (χ0v) is 15.5. The van der Waals surface area contributed by atoms with E-state index in [2.05, 4.69) is 16.9 Å². The summed E-state index contributed by atoms with van der Waals surface area (Å²) in [6, 6.07) is 3.71. The zero-order chi connectivity index (χ0) is 18.4. The van der Waals surface area contributed by atoms with Crippen LogP contribution in [-0.4, -0.2) is 34.8 Å².